The number of rotatable bonds is 6. The van der Waals surface area contributed by atoms with Crippen molar-refractivity contribution in [3.63, 3.8) is 0 Å². The van der Waals surface area contributed by atoms with E-state index in [9.17, 15) is 0 Å². The molecule has 1 heterocycles. The van der Waals surface area contributed by atoms with Gasteiger partial charge in [0.2, 0.25) is 0 Å². The van der Waals surface area contributed by atoms with Crippen molar-refractivity contribution in [2.75, 3.05) is 0 Å². The van der Waals surface area contributed by atoms with Gasteiger partial charge in [-0.15, -0.1) is 11.3 Å². The Labute approximate surface area is 234 Å². The second kappa shape index (κ2) is 10.7. The lowest BCUT2D eigenvalue weighted by Crippen LogP contribution is -1.91. The van der Waals surface area contributed by atoms with Crippen LogP contribution in [-0.2, 0) is 0 Å². The number of hydrogen-bond acceptors (Lipinski definition) is 1. The van der Waals surface area contributed by atoms with Crippen molar-refractivity contribution < 1.29 is 0 Å². The third kappa shape index (κ3) is 4.67. The number of allylic oxidation sites excluding steroid dienone is 5. The molecule has 0 aliphatic carbocycles. The summed E-state index contributed by atoms with van der Waals surface area (Å²) in [5.74, 6) is 0. The van der Waals surface area contributed by atoms with E-state index in [2.05, 4.69) is 141 Å². The number of fused-ring (bicyclic) bond motifs is 2. The highest BCUT2D eigenvalue weighted by Gasteiger charge is 2.17. The first kappa shape index (κ1) is 24.9. The standard InChI is InChI=1S/C38H30S/c1-4-11-27(12-5-2)35-23-24-36(39-35)29-13-10-14-30(25-29)38-33-17-8-6-15-31(33)37(28-21-19-26(3)20-22-28)32-16-7-9-18-34(32)38/h4-25H,1H2,2-3H3/b12-5-,27-11+. The maximum atomic E-state index is 3.89. The van der Waals surface area contributed by atoms with E-state index in [1.165, 1.54) is 70.3 Å². The number of benzene rings is 5. The van der Waals surface area contributed by atoms with Gasteiger partial charge in [-0.05, 0) is 87.0 Å². The Morgan fingerprint density at radius 3 is 1.82 bits per heavy atom. The van der Waals surface area contributed by atoms with E-state index in [0.29, 0.717) is 0 Å². The third-order valence-electron chi connectivity index (χ3n) is 7.24. The Morgan fingerprint density at radius 1 is 0.641 bits per heavy atom. The fourth-order valence-electron chi connectivity index (χ4n) is 5.47. The Balaban J connectivity index is 1.56. The number of thiophene rings is 1. The van der Waals surface area contributed by atoms with Gasteiger partial charge in [-0.1, -0.05) is 127 Å². The highest BCUT2D eigenvalue weighted by molar-refractivity contribution is 7.16. The van der Waals surface area contributed by atoms with Crippen LogP contribution in [0.1, 0.15) is 17.4 Å². The zero-order chi connectivity index (χ0) is 26.8. The first-order chi connectivity index (χ1) is 19.2. The molecule has 39 heavy (non-hydrogen) atoms. The van der Waals surface area contributed by atoms with Crippen LogP contribution in [0.4, 0.5) is 0 Å². The van der Waals surface area contributed by atoms with Crippen LogP contribution in [0, 0.1) is 6.92 Å². The van der Waals surface area contributed by atoms with Gasteiger partial charge in [0.05, 0.1) is 0 Å². The van der Waals surface area contributed by atoms with E-state index in [1.54, 1.807) is 0 Å². The van der Waals surface area contributed by atoms with Crippen molar-refractivity contribution >= 4 is 38.5 Å². The molecular formula is C38H30S. The van der Waals surface area contributed by atoms with Crippen molar-refractivity contribution in [2.45, 2.75) is 13.8 Å². The van der Waals surface area contributed by atoms with Crippen LogP contribution in [-0.4, -0.2) is 0 Å². The summed E-state index contributed by atoms with van der Waals surface area (Å²) >= 11 is 1.82. The van der Waals surface area contributed by atoms with E-state index in [1.807, 2.05) is 24.3 Å². The summed E-state index contributed by atoms with van der Waals surface area (Å²) in [4.78, 5) is 2.50. The summed E-state index contributed by atoms with van der Waals surface area (Å²) in [5, 5.41) is 5.12. The number of hydrogen-bond donors (Lipinski definition) is 0. The summed E-state index contributed by atoms with van der Waals surface area (Å²) in [7, 11) is 0. The molecule has 0 N–H and O–H groups in total. The molecule has 1 heteroatoms. The lowest BCUT2D eigenvalue weighted by atomic mass is 9.85. The molecule has 0 aliphatic heterocycles. The first-order valence-corrected chi connectivity index (χ1v) is 14.2. The third-order valence-corrected chi connectivity index (χ3v) is 8.43. The molecular weight excluding hydrogens is 488 g/mol. The van der Waals surface area contributed by atoms with Gasteiger partial charge in [0.15, 0.2) is 0 Å². The second-order valence-electron chi connectivity index (χ2n) is 9.81. The van der Waals surface area contributed by atoms with Crippen LogP contribution >= 0.6 is 11.3 Å². The fraction of sp³-hybridized carbons (Fsp3) is 0.0526. The second-order valence-corrected chi connectivity index (χ2v) is 10.9. The van der Waals surface area contributed by atoms with E-state index in [-0.39, 0.29) is 0 Å². The maximum absolute atomic E-state index is 3.89. The molecule has 0 spiro atoms. The Bertz CT molecular complexity index is 1820. The van der Waals surface area contributed by atoms with Crippen LogP contribution in [0.15, 0.2) is 140 Å². The fourth-order valence-corrected chi connectivity index (χ4v) is 6.48. The van der Waals surface area contributed by atoms with Crippen molar-refractivity contribution in [1.29, 1.82) is 0 Å². The molecule has 0 bridgehead atoms. The average molecular weight is 519 g/mol. The van der Waals surface area contributed by atoms with Crippen molar-refractivity contribution in [1.82, 2.24) is 0 Å². The van der Waals surface area contributed by atoms with Crippen molar-refractivity contribution in [2.24, 2.45) is 0 Å². The molecule has 1 aromatic heterocycles. The van der Waals surface area contributed by atoms with E-state index < -0.39 is 0 Å². The van der Waals surface area contributed by atoms with Gasteiger partial charge in [0, 0.05) is 9.75 Å². The van der Waals surface area contributed by atoms with Crippen LogP contribution < -0.4 is 0 Å². The van der Waals surface area contributed by atoms with Gasteiger partial charge in [-0.2, -0.15) is 0 Å². The molecule has 0 saturated carbocycles. The predicted octanol–water partition coefficient (Wildman–Crippen LogP) is 11.5. The van der Waals surface area contributed by atoms with E-state index in [4.69, 9.17) is 0 Å². The molecule has 0 amide bonds. The zero-order valence-electron chi connectivity index (χ0n) is 22.3. The minimum atomic E-state index is 1.18. The van der Waals surface area contributed by atoms with Gasteiger partial charge in [0.25, 0.3) is 0 Å². The molecule has 0 fully saturated rings. The van der Waals surface area contributed by atoms with Crippen LogP contribution in [0.5, 0.6) is 0 Å². The minimum absolute atomic E-state index is 1.18. The normalized spacial score (nSPS) is 12.0. The summed E-state index contributed by atoms with van der Waals surface area (Å²) in [6.45, 7) is 8.08. The van der Waals surface area contributed by atoms with Gasteiger partial charge < -0.3 is 0 Å². The molecule has 0 radical (unpaired) electrons. The quantitative estimate of drug-likeness (QED) is 0.152. The van der Waals surface area contributed by atoms with Crippen molar-refractivity contribution in [3.8, 4) is 32.7 Å². The lowest BCUT2D eigenvalue weighted by molar-refractivity contribution is 1.47. The Kier molecular flexibility index (Phi) is 6.84. The smallest absolute Gasteiger partial charge is 0.0349 e. The number of aryl methyl sites for hydroxylation is 1. The highest BCUT2D eigenvalue weighted by Crippen LogP contribution is 2.44. The zero-order valence-corrected chi connectivity index (χ0v) is 23.1. The average Bonchev–Trinajstić information content (AvgIpc) is 3.47. The Hall–Kier alpha value is -4.46. The van der Waals surface area contributed by atoms with Gasteiger partial charge >= 0.3 is 0 Å². The minimum Gasteiger partial charge on any atom is -0.135 e. The molecule has 0 aliphatic rings. The summed E-state index contributed by atoms with van der Waals surface area (Å²) in [6.07, 6.45) is 8.14. The maximum Gasteiger partial charge on any atom is 0.0349 e. The van der Waals surface area contributed by atoms with Gasteiger partial charge in [-0.25, -0.2) is 0 Å². The molecule has 0 nitrogen and oxygen atoms in total. The van der Waals surface area contributed by atoms with Crippen molar-refractivity contribution in [3.05, 3.63) is 151 Å². The van der Waals surface area contributed by atoms with E-state index in [0.717, 1.165) is 0 Å². The first-order valence-electron chi connectivity index (χ1n) is 13.3. The molecule has 0 atom stereocenters. The lowest BCUT2D eigenvalue weighted by Gasteiger charge is -2.18. The SMILES string of the molecule is C=C/C=C(\C=C/C)c1ccc(-c2cccc(-c3c4ccccc4c(-c4ccc(C)cc4)c4ccccc34)c2)s1. The summed E-state index contributed by atoms with van der Waals surface area (Å²) in [6, 6.07) is 40.1. The molecule has 0 unspecified atom stereocenters. The monoisotopic (exact) mass is 518 g/mol. The molecule has 6 rings (SSSR count). The predicted molar refractivity (Wildman–Crippen MR) is 173 cm³/mol. The van der Waals surface area contributed by atoms with E-state index >= 15 is 0 Å². The van der Waals surface area contributed by atoms with Crippen LogP contribution in [0.3, 0.4) is 0 Å². The van der Waals surface area contributed by atoms with Gasteiger partial charge in [-0.3, -0.25) is 0 Å². The largest absolute Gasteiger partial charge is 0.135 e. The molecule has 188 valence electrons. The summed E-state index contributed by atoms with van der Waals surface area (Å²) in [5.41, 5.74) is 8.77. The highest BCUT2D eigenvalue weighted by atomic mass is 32.1. The molecule has 6 aromatic rings. The van der Waals surface area contributed by atoms with Crippen LogP contribution in [0.25, 0.3) is 59.8 Å². The molecule has 5 aromatic carbocycles. The van der Waals surface area contributed by atoms with Gasteiger partial charge in [0.1, 0.15) is 0 Å². The Morgan fingerprint density at radius 2 is 1.23 bits per heavy atom. The summed E-state index contributed by atoms with van der Waals surface area (Å²) < 4.78 is 0. The van der Waals surface area contributed by atoms with Crippen LogP contribution in [0.2, 0.25) is 0 Å². The topological polar surface area (TPSA) is 0 Å². The molecule has 0 saturated heterocycles.